The largest absolute Gasteiger partial charge is 0.497 e. The molecule has 3 heterocycles. The van der Waals surface area contributed by atoms with Gasteiger partial charge in [0.15, 0.2) is 0 Å². The molecule has 2 aromatic heterocycles. The van der Waals surface area contributed by atoms with Crippen LogP contribution in [0.15, 0.2) is 60.6 Å². The van der Waals surface area contributed by atoms with Gasteiger partial charge in [0.1, 0.15) is 17.1 Å². The van der Waals surface area contributed by atoms with Crippen LogP contribution in [0.25, 0.3) is 27.9 Å². The summed E-state index contributed by atoms with van der Waals surface area (Å²) < 4.78 is 18.7. The second kappa shape index (κ2) is 11.0. The highest BCUT2D eigenvalue weighted by Crippen LogP contribution is 2.37. The van der Waals surface area contributed by atoms with Crippen LogP contribution in [-0.4, -0.2) is 63.7 Å². The van der Waals surface area contributed by atoms with Gasteiger partial charge >= 0.3 is 6.09 Å². The first kappa shape index (κ1) is 27.2. The summed E-state index contributed by atoms with van der Waals surface area (Å²) in [5.41, 5.74) is 6.71. The van der Waals surface area contributed by atoms with Gasteiger partial charge in [0.25, 0.3) is 0 Å². The van der Waals surface area contributed by atoms with Gasteiger partial charge in [-0.3, -0.25) is 9.67 Å². The topological polar surface area (TPSA) is 91.6 Å². The van der Waals surface area contributed by atoms with E-state index in [-0.39, 0.29) is 6.09 Å². The number of aryl methyl sites for hydroxylation is 1. The van der Waals surface area contributed by atoms with E-state index in [0.717, 1.165) is 57.4 Å². The number of nitrogens with zero attached hydrogens (tertiary/aromatic N) is 5. The van der Waals surface area contributed by atoms with Crippen molar-refractivity contribution in [3.63, 3.8) is 0 Å². The zero-order valence-corrected chi connectivity index (χ0v) is 23.9. The Kier molecular flexibility index (Phi) is 7.47. The normalized spacial score (nSPS) is 15.2. The lowest BCUT2D eigenvalue weighted by Crippen LogP contribution is -2.40. The van der Waals surface area contributed by atoms with Crippen LogP contribution in [0, 0.1) is 0 Å². The van der Waals surface area contributed by atoms with E-state index in [1.165, 1.54) is 0 Å². The Balaban J connectivity index is 1.64. The van der Waals surface area contributed by atoms with E-state index in [4.69, 9.17) is 19.2 Å². The van der Waals surface area contributed by atoms with Gasteiger partial charge in [0, 0.05) is 38.0 Å². The Hall–Kier alpha value is -4.40. The molecule has 1 fully saturated rings. The monoisotopic (exact) mass is 541 g/mol. The van der Waals surface area contributed by atoms with Gasteiger partial charge in [-0.25, -0.2) is 9.78 Å². The van der Waals surface area contributed by atoms with E-state index in [1.54, 1.807) is 36.2 Å². The maximum atomic E-state index is 13.0. The predicted octanol–water partition coefficient (Wildman–Crippen LogP) is 5.88. The van der Waals surface area contributed by atoms with Gasteiger partial charge in [0.2, 0.25) is 0 Å². The fourth-order valence-corrected chi connectivity index (χ4v) is 4.94. The fourth-order valence-electron chi connectivity index (χ4n) is 4.94. The third kappa shape index (κ3) is 5.93. The molecular weight excluding hydrogens is 506 g/mol. The van der Waals surface area contributed by atoms with E-state index in [1.807, 2.05) is 58.3 Å². The van der Waals surface area contributed by atoms with Crippen LogP contribution in [0.1, 0.15) is 44.7 Å². The van der Waals surface area contributed by atoms with Crippen LogP contribution in [-0.2, 0) is 11.8 Å². The summed E-state index contributed by atoms with van der Waals surface area (Å²) in [6, 6.07) is 12.0. The van der Waals surface area contributed by atoms with E-state index in [0.29, 0.717) is 24.6 Å². The summed E-state index contributed by atoms with van der Waals surface area (Å²) >= 11 is 0. The van der Waals surface area contributed by atoms with Gasteiger partial charge in [-0.1, -0.05) is 6.07 Å². The quantitative estimate of drug-likeness (QED) is 0.312. The van der Waals surface area contributed by atoms with Gasteiger partial charge in [-0.15, -0.1) is 0 Å². The number of aromatic nitrogens is 4. The number of carbonyl (C=O) groups is 1. The summed E-state index contributed by atoms with van der Waals surface area (Å²) in [6.45, 7) is 6.76. The van der Waals surface area contributed by atoms with Crippen molar-refractivity contribution in [3.05, 3.63) is 71.7 Å². The highest BCUT2D eigenvalue weighted by molar-refractivity contribution is 5.89. The molecule has 0 saturated carbocycles. The minimum atomic E-state index is -0.565. The number of rotatable bonds is 5. The summed E-state index contributed by atoms with van der Waals surface area (Å²) in [6.07, 6.45) is 6.83. The number of fused-ring (bicyclic) bond motifs is 1. The molecular formula is C31H35N5O4. The SMILES string of the molecule is COc1cc(OC)cc(C(=C2CCCN(C(=O)OC(C)(C)C)C2)c2ccc3ncc(-c4cnn(C)c4)nc3c2)c1. The van der Waals surface area contributed by atoms with Crippen molar-refractivity contribution in [2.75, 3.05) is 27.3 Å². The van der Waals surface area contributed by atoms with Crippen molar-refractivity contribution in [2.45, 2.75) is 39.2 Å². The number of amides is 1. The minimum Gasteiger partial charge on any atom is -0.497 e. The molecule has 2 aromatic carbocycles. The van der Waals surface area contributed by atoms with Crippen LogP contribution >= 0.6 is 0 Å². The lowest BCUT2D eigenvalue weighted by Gasteiger charge is -2.32. The first-order valence-corrected chi connectivity index (χ1v) is 13.3. The zero-order valence-electron chi connectivity index (χ0n) is 23.9. The van der Waals surface area contributed by atoms with Gasteiger partial charge < -0.3 is 19.1 Å². The molecule has 0 atom stereocenters. The molecule has 0 radical (unpaired) electrons. The molecule has 40 heavy (non-hydrogen) atoms. The molecule has 1 saturated heterocycles. The van der Waals surface area contributed by atoms with Gasteiger partial charge in [-0.2, -0.15) is 5.10 Å². The van der Waals surface area contributed by atoms with E-state index in [9.17, 15) is 4.79 Å². The lowest BCUT2D eigenvalue weighted by molar-refractivity contribution is 0.0247. The Bertz CT molecular complexity index is 1560. The molecule has 0 aliphatic carbocycles. The standard InChI is InChI=1S/C31H35N5O4/c1-31(2,3)40-30(37)36-11-7-8-21(19-36)29(22-12-24(38-5)15-25(13-22)39-6)20-9-10-26-27(14-20)34-28(17-32-26)23-16-33-35(4)18-23/h9-10,12-18H,7-8,11,19H2,1-6H3. The second-order valence-corrected chi connectivity index (χ2v) is 10.9. The molecule has 1 aliphatic heterocycles. The van der Waals surface area contributed by atoms with E-state index >= 15 is 0 Å². The third-order valence-electron chi connectivity index (χ3n) is 6.77. The number of ether oxygens (including phenoxy) is 3. The molecule has 0 unspecified atom stereocenters. The molecule has 5 rings (SSSR count). The predicted molar refractivity (Wildman–Crippen MR) is 154 cm³/mol. The molecule has 1 aliphatic rings. The lowest BCUT2D eigenvalue weighted by atomic mass is 9.88. The van der Waals surface area contributed by atoms with Crippen LogP contribution in [0.5, 0.6) is 11.5 Å². The number of hydrogen-bond donors (Lipinski definition) is 0. The molecule has 9 heteroatoms. The molecule has 4 aromatic rings. The maximum Gasteiger partial charge on any atom is 0.410 e. The summed E-state index contributed by atoms with van der Waals surface area (Å²) in [4.78, 5) is 24.4. The van der Waals surface area contributed by atoms with Crippen LogP contribution in [0.2, 0.25) is 0 Å². The third-order valence-corrected chi connectivity index (χ3v) is 6.77. The first-order valence-electron chi connectivity index (χ1n) is 13.3. The van der Waals surface area contributed by atoms with E-state index in [2.05, 4.69) is 22.2 Å². The Labute approximate surface area is 234 Å². The minimum absolute atomic E-state index is 0.308. The highest BCUT2D eigenvalue weighted by atomic mass is 16.6. The van der Waals surface area contributed by atoms with Crippen molar-refractivity contribution in [2.24, 2.45) is 7.05 Å². The van der Waals surface area contributed by atoms with Gasteiger partial charge in [0.05, 0.1) is 43.3 Å². The van der Waals surface area contributed by atoms with Crippen molar-refractivity contribution >= 4 is 22.7 Å². The van der Waals surface area contributed by atoms with Crippen molar-refractivity contribution in [3.8, 4) is 22.8 Å². The number of piperidine rings is 1. The summed E-state index contributed by atoms with van der Waals surface area (Å²) in [5.74, 6) is 1.37. The fraction of sp³-hybridized carbons (Fsp3) is 0.355. The zero-order chi connectivity index (χ0) is 28.4. The molecule has 0 N–H and O–H groups in total. The maximum absolute atomic E-state index is 13.0. The van der Waals surface area contributed by atoms with Crippen molar-refractivity contribution in [1.29, 1.82) is 0 Å². The molecule has 0 bridgehead atoms. The Morgan fingerprint density at radius 2 is 1.70 bits per heavy atom. The average molecular weight is 542 g/mol. The van der Waals surface area contributed by atoms with E-state index < -0.39 is 5.60 Å². The van der Waals surface area contributed by atoms with Crippen LogP contribution < -0.4 is 9.47 Å². The summed E-state index contributed by atoms with van der Waals surface area (Å²) in [5, 5.41) is 4.27. The number of benzene rings is 2. The summed E-state index contributed by atoms with van der Waals surface area (Å²) in [7, 11) is 5.16. The van der Waals surface area contributed by atoms with Crippen molar-refractivity contribution < 1.29 is 19.0 Å². The number of hydrogen-bond acceptors (Lipinski definition) is 7. The first-order chi connectivity index (χ1) is 19.1. The number of methoxy groups -OCH3 is 2. The molecule has 9 nitrogen and oxygen atoms in total. The smallest absolute Gasteiger partial charge is 0.410 e. The average Bonchev–Trinajstić information content (AvgIpc) is 3.38. The molecule has 0 spiro atoms. The molecule has 1 amide bonds. The van der Waals surface area contributed by atoms with Gasteiger partial charge in [-0.05, 0) is 80.2 Å². The second-order valence-electron chi connectivity index (χ2n) is 10.9. The van der Waals surface area contributed by atoms with Crippen LogP contribution in [0.4, 0.5) is 4.79 Å². The van der Waals surface area contributed by atoms with Crippen molar-refractivity contribution in [1.82, 2.24) is 24.6 Å². The highest BCUT2D eigenvalue weighted by Gasteiger charge is 2.27. The number of likely N-dealkylation sites (tertiary alicyclic amines) is 1. The van der Waals surface area contributed by atoms with Crippen LogP contribution in [0.3, 0.4) is 0 Å². The molecule has 208 valence electrons. The Morgan fingerprint density at radius 1 is 0.950 bits per heavy atom. The Morgan fingerprint density at radius 3 is 2.35 bits per heavy atom. The number of carbonyl (C=O) groups excluding carboxylic acids is 1.